The minimum absolute atomic E-state index is 0.106. The van der Waals surface area contributed by atoms with Crippen LogP contribution in [0.3, 0.4) is 0 Å². The van der Waals surface area contributed by atoms with Gasteiger partial charge >= 0.3 is 5.97 Å². The highest BCUT2D eigenvalue weighted by Crippen LogP contribution is 2.18. The first-order valence-electron chi connectivity index (χ1n) is 6.27. The first kappa shape index (κ1) is 15.7. The number of carboxylic acid groups (broad SMARTS) is 1. The maximum atomic E-state index is 11.9. The first-order valence-corrected chi connectivity index (χ1v) is 7.06. The molecule has 104 valence electrons. The van der Waals surface area contributed by atoms with Crippen LogP contribution in [0.25, 0.3) is 0 Å². The zero-order chi connectivity index (χ0) is 14.3. The number of carbonyl (C=O) groups excluding carboxylic acids is 1. The Labute approximate surface area is 121 Å². The predicted octanol–water partition coefficient (Wildman–Crippen LogP) is 3.13. The summed E-state index contributed by atoms with van der Waals surface area (Å²) < 4.78 is 0.788. The van der Waals surface area contributed by atoms with Crippen molar-refractivity contribution < 1.29 is 14.7 Å². The number of hydrogen-bond donors (Lipinski definition) is 2. The van der Waals surface area contributed by atoms with Crippen LogP contribution in [0.4, 0.5) is 0 Å². The van der Waals surface area contributed by atoms with Crippen molar-refractivity contribution in [3.8, 4) is 0 Å². The van der Waals surface area contributed by atoms with Crippen LogP contribution in [0, 0.1) is 6.92 Å². The summed E-state index contributed by atoms with van der Waals surface area (Å²) in [6.45, 7) is 2.54. The molecule has 5 heteroatoms. The summed E-state index contributed by atoms with van der Waals surface area (Å²) >= 11 is 3.37. The molecule has 0 saturated carbocycles. The molecule has 1 aromatic rings. The number of benzene rings is 1. The van der Waals surface area contributed by atoms with E-state index in [0.29, 0.717) is 18.5 Å². The molecule has 0 bridgehead atoms. The summed E-state index contributed by atoms with van der Waals surface area (Å²) in [6, 6.07) is 5.59. The van der Waals surface area contributed by atoms with Crippen LogP contribution in [0.2, 0.25) is 0 Å². The first-order chi connectivity index (χ1) is 9.00. The Morgan fingerprint density at radius 1 is 1.26 bits per heavy atom. The molecule has 0 radical (unpaired) electrons. The van der Waals surface area contributed by atoms with Crippen LogP contribution in [-0.4, -0.2) is 23.5 Å². The molecule has 4 nitrogen and oxygen atoms in total. The standard InChI is InChI=1S/C14H18BrNO3/c1-10-6-7-11(12(15)9-10)14(19)16-8-4-2-3-5-13(17)18/h6-7,9H,2-5,8H2,1H3,(H,16,19)(H,17,18). The van der Waals surface area contributed by atoms with Crippen LogP contribution in [0.5, 0.6) is 0 Å². The highest BCUT2D eigenvalue weighted by atomic mass is 79.9. The van der Waals surface area contributed by atoms with E-state index < -0.39 is 5.97 Å². The van der Waals surface area contributed by atoms with Gasteiger partial charge in [-0.05, 0) is 53.4 Å². The second-order valence-corrected chi connectivity index (χ2v) is 5.30. The average molecular weight is 328 g/mol. The van der Waals surface area contributed by atoms with Crippen molar-refractivity contribution in [3.63, 3.8) is 0 Å². The zero-order valence-electron chi connectivity index (χ0n) is 10.9. The molecule has 0 saturated heterocycles. The Bertz CT molecular complexity index is 460. The normalized spacial score (nSPS) is 10.2. The van der Waals surface area contributed by atoms with Gasteiger partial charge in [-0.1, -0.05) is 12.5 Å². The molecular formula is C14H18BrNO3. The number of amides is 1. The lowest BCUT2D eigenvalue weighted by molar-refractivity contribution is -0.137. The van der Waals surface area contributed by atoms with Crippen LogP contribution >= 0.6 is 15.9 Å². The molecule has 2 N–H and O–H groups in total. The SMILES string of the molecule is Cc1ccc(C(=O)NCCCCCC(=O)O)c(Br)c1. The number of halogens is 1. The lowest BCUT2D eigenvalue weighted by atomic mass is 10.1. The minimum Gasteiger partial charge on any atom is -0.481 e. The number of rotatable bonds is 7. The van der Waals surface area contributed by atoms with E-state index in [-0.39, 0.29) is 12.3 Å². The number of hydrogen-bond acceptors (Lipinski definition) is 2. The van der Waals surface area contributed by atoms with Gasteiger partial charge in [0.25, 0.3) is 5.91 Å². The van der Waals surface area contributed by atoms with E-state index in [2.05, 4.69) is 21.2 Å². The second kappa shape index (κ2) is 7.94. The Hall–Kier alpha value is -1.36. The van der Waals surface area contributed by atoms with Crippen molar-refractivity contribution in [2.75, 3.05) is 6.54 Å². The van der Waals surface area contributed by atoms with Crippen LogP contribution in [0.1, 0.15) is 41.6 Å². The third-order valence-electron chi connectivity index (χ3n) is 2.72. The molecule has 1 aromatic carbocycles. The van der Waals surface area contributed by atoms with Crippen molar-refractivity contribution in [1.29, 1.82) is 0 Å². The fourth-order valence-corrected chi connectivity index (χ4v) is 2.35. The average Bonchev–Trinajstić information content (AvgIpc) is 2.32. The van der Waals surface area contributed by atoms with Gasteiger partial charge in [0.1, 0.15) is 0 Å². The van der Waals surface area contributed by atoms with E-state index in [4.69, 9.17) is 5.11 Å². The lowest BCUT2D eigenvalue weighted by Crippen LogP contribution is -2.24. The van der Waals surface area contributed by atoms with E-state index in [0.717, 1.165) is 22.9 Å². The summed E-state index contributed by atoms with van der Waals surface area (Å²) in [5.74, 6) is -0.877. The predicted molar refractivity (Wildman–Crippen MR) is 77.3 cm³/mol. The highest BCUT2D eigenvalue weighted by molar-refractivity contribution is 9.10. The van der Waals surface area contributed by atoms with Gasteiger partial charge in [-0.2, -0.15) is 0 Å². The van der Waals surface area contributed by atoms with E-state index in [9.17, 15) is 9.59 Å². The van der Waals surface area contributed by atoms with Crippen LogP contribution < -0.4 is 5.32 Å². The lowest BCUT2D eigenvalue weighted by Gasteiger charge is -2.07. The van der Waals surface area contributed by atoms with Gasteiger partial charge < -0.3 is 10.4 Å². The Morgan fingerprint density at radius 3 is 2.63 bits per heavy atom. The third-order valence-corrected chi connectivity index (χ3v) is 3.38. The number of carboxylic acids is 1. The fraction of sp³-hybridized carbons (Fsp3) is 0.429. The molecule has 0 aliphatic rings. The number of unbranched alkanes of at least 4 members (excludes halogenated alkanes) is 2. The van der Waals surface area contributed by atoms with Crippen molar-refractivity contribution in [1.82, 2.24) is 5.32 Å². The quantitative estimate of drug-likeness (QED) is 0.756. The van der Waals surface area contributed by atoms with Gasteiger partial charge in [-0.3, -0.25) is 9.59 Å². The van der Waals surface area contributed by atoms with Gasteiger partial charge in [-0.15, -0.1) is 0 Å². The smallest absolute Gasteiger partial charge is 0.303 e. The van der Waals surface area contributed by atoms with E-state index in [1.807, 2.05) is 19.1 Å². The summed E-state index contributed by atoms with van der Waals surface area (Å²) in [4.78, 5) is 22.2. The van der Waals surface area contributed by atoms with Crippen molar-refractivity contribution >= 4 is 27.8 Å². The largest absolute Gasteiger partial charge is 0.481 e. The summed E-state index contributed by atoms with van der Waals surface area (Å²) in [7, 11) is 0. The highest BCUT2D eigenvalue weighted by Gasteiger charge is 2.08. The minimum atomic E-state index is -0.771. The third kappa shape index (κ3) is 5.87. The molecule has 0 aliphatic heterocycles. The topological polar surface area (TPSA) is 66.4 Å². The van der Waals surface area contributed by atoms with Crippen LogP contribution in [-0.2, 0) is 4.79 Å². The van der Waals surface area contributed by atoms with Crippen molar-refractivity contribution in [2.45, 2.75) is 32.6 Å². The molecule has 1 amide bonds. The van der Waals surface area contributed by atoms with Gasteiger partial charge in [0, 0.05) is 17.4 Å². The molecule has 19 heavy (non-hydrogen) atoms. The monoisotopic (exact) mass is 327 g/mol. The molecule has 0 heterocycles. The summed E-state index contributed by atoms with van der Waals surface area (Å²) in [5, 5.41) is 11.3. The maximum Gasteiger partial charge on any atom is 0.303 e. The molecule has 0 unspecified atom stereocenters. The fourth-order valence-electron chi connectivity index (χ4n) is 1.68. The Morgan fingerprint density at radius 2 is 2.00 bits per heavy atom. The van der Waals surface area contributed by atoms with Crippen molar-refractivity contribution in [3.05, 3.63) is 33.8 Å². The summed E-state index contributed by atoms with van der Waals surface area (Å²) in [6.07, 6.45) is 2.45. The number of nitrogens with one attached hydrogen (secondary N) is 1. The van der Waals surface area contributed by atoms with Gasteiger partial charge in [0.05, 0.1) is 5.56 Å². The van der Waals surface area contributed by atoms with Crippen LogP contribution in [0.15, 0.2) is 22.7 Å². The molecule has 0 spiro atoms. The van der Waals surface area contributed by atoms with E-state index >= 15 is 0 Å². The molecule has 0 fully saturated rings. The number of carbonyl (C=O) groups is 2. The Balaban J connectivity index is 2.29. The zero-order valence-corrected chi connectivity index (χ0v) is 12.5. The maximum absolute atomic E-state index is 11.9. The molecule has 0 aliphatic carbocycles. The second-order valence-electron chi connectivity index (χ2n) is 4.44. The Kier molecular flexibility index (Phi) is 6.56. The number of aliphatic carboxylic acids is 1. The van der Waals surface area contributed by atoms with E-state index in [1.54, 1.807) is 6.07 Å². The molecule has 0 atom stereocenters. The summed E-state index contributed by atoms with van der Waals surface area (Å²) in [5.41, 5.74) is 1.72. The van der Waals surface area contributed by atoms with Gasteiger partial charge in [-0.25, -0.2) is 0 Å². The van der Waals surface area contributed by atoms with Gasteiger partial charge in [0.2, 0.25) is 0 Å². The molecular weight excluding hydrogens is 310 g/mol. The molecule has 1 rings (SSSR count). The van der Waals surface area contributed by atoms with Gasteiger partial charge in [0.15, 0.2) is 0 Å². The van der Waals surface area contributed by atoms with Crippen molar-refractivity contribution in [2.24, 2.45) is 0 Å². The molecule has 0 aromatic heterocycles. The van der Waals surface area contributed by atoms with E-state index in [1.165, 1.54) is 0 Å². The number of aryl methyl sites for hydroxylation is 1.